The second-order valence-corrected chi connectivity index (χ2v) is 9.66. The van der Waals surface area contributed by atoms with Gasteiger partial charge in [-0.2, -0.15) is 0 Å². The Hall–Kier alpha value is -3.25. The van der Waals surface area contributed by atoms with Gasteiger partial charge in [0.15, 0.2) is 11.5 Å². The molecule has 3 atom stereocenters. The fourth-order valence-corrected chi connectivity index (χ4v) is 5.53. The van der Waals surface area contributed by atoms with Crippen LogP contribution in [0.15, 0.2) is 76.9 Å². The summed E-state index contributed by atoms with van der Waals surface area (Å²) in [5, 5.41) is 7.23. The lowest BCUT2D eigenvalue weighted by atomic mass is 9.76. The van der Waals surface area contributed by atoms with E-state index in [1.165, 1.54) is 5.56 Å². The van der Waals surface area contributed by atoms with Crippen LogP contribution in [0.25, 0.3) is 0 Å². The Morgan fingerprint density at radius 3 is 2.48 bits per heavy atom. The van der Waals surface area contributed by atoms with Gasteiger partial charge in [-0.3, -0.25) is 4.79 Å². The molecule has 6 heteroatoms. The molecule has 0 radical (unpaired) electrons. The summed E-state index contributed by atoms with van der Waals surface area (Å²) in [4.78, 5) is 13.7. The first-order valence-electron chi connectivity index (χ1n) is 11.1. The Balaban J connectivity index is 1.48. The third-order valence-corrected chi connectivity index (χ3v) is 7.35. The SMILES string of the molecule is Cc1ccc(C2C=C3Nc4ccccc4NC(c4cc5c(cc4Br)OCO5)C3C(=O)C2)cc1. The van der Waals surface area contributed by atoms with Crippen LogP contribution in [0.1, 0.15) is 35.1 Å². The van der Waals surface area contributed by atoms with Crippen LogP contribution in [0.2, 0.25) is 0 Å². The number of aryl methyl sites for hydroxylation is 1. The molecule has 33 heavy (non-hydrogen) atoms. The number of Topliss-reactive ketones (excluding diaryl/α,β-unsaturated/α-hetero) is 1. The first-order valence-corrected chi connectivity index (χ1v) is 11.9. The minimum Gasteiger partial charge on any atom is -0.454 e. The van der Waals surface area contributed by atoms with Crippen molar-refractivity contribution >= 4 is 33.1 Å². The van der Waals surface area contributed by atoms with Crippen LogP contribution in [0.4, 0.5) is 11.4 Å². The number of fused-ring (bicyclic) bond motifs is 3. The highest BCUT2D eigenvalue weighted by Crippen LogP contribution is 2.48. The van der Waals surface area contributed by atoms with Crippen LogP contribution < -0.4 is 20.1 Å². The van der Waals surface area contributed by atoms with Gasteiger partial charge >= 0.3 is 0 Å². The molecule has 5 nitrogen and oxygen atoms in total. The van der Waals surface area contributed by atoms with Gasteiger partial charge in [-0.15, -0.1) is 0 Å². The van der Waals surface area contributed by atoms with Gasteiger partial charge in [-0.25, -0.2) is 0 Å². The van der Waals surface area contributed by atoms with Gasteiger partial charge in [0, 0.05) is 22.5 Å². The second-order valence-electron chi connectivity index (χ2n) is 8.81. The first kappa shape index (κ1) is 20.4. The van der Waals surface area contributed by atoms with Crippen molar-refractivity contribution in [1.29, 1.82) is 0 Å². The van der Waals surface area contributed by atoms with Crippen molar-refractivity contribution < 1.29 is 14.3 Å². The van der Waals surface area contributed by atoms with Gasteiger partial charge in [0.1, 0.15) is 5.78 Å². The van der Waals surface area contributed by atoms with Crippen LogP contribution in [-0.2, 0) is 4.79 Å². The molecule has 3 unspecified atom stereocenters. The molecule has 3 aromatic rings. The fourth-order valence-electron chi connectivity index (χ4n) is 4.96. The highest BCUT2D eigenvalue weighted by Gasteiger charge is 2.41. The lowest BCUT2D eigenvalue weighted by molar-refractivity contribution is -0.122. The highest BCUT2D eigenvalue weighted by atomic mass is 79.9. The number of ketones is 1. The molecule has 2 aliphatic heterocycles. The zero-order valence-corrected chi connectivity index (χ0v) is 19.7. The number of allylic oxidation sites excluding steroid dienone is 1. The molecule has 166 valence electrons. The molecule has 1 aliphatic carbocycles. The summed E-state index contributed by atoms with van der Waals surface area (Å²) in [6, 6.07) is 20.2. The third-order valence-electron chi connectivity index (χ3n) is 6.67. The summed E-state index contributed by atoms with van der Waals surface area (Å²) in [5.74, 6) is 1.31. The number of rotatable bonds is 2. The molecule has 2 N–H and O–H groups in total. The molecule has 3 aliphatic rings. The molecule has 0 aromatic heterocycles. The largest absolute Gasteiger partial charge is 0.454 e. The number of carbonyl (C=O) groups excluding carboxylic acids is 1. The van der Waals surface area contributed by atoms with Crippen LogP contribution in [0.5, 0.6) is 11.5 Å². The van der Waals surface area contributed by atoms with E-state index in [2.05, 4.69) is 63.8 Å². The van der Waals surface area contributed by atoms with E-state index in [9.17, 15) is 4.79 Å². The molecular weight excluding hydrogens is 480 g/mol. The maximum absolute atomic E-state index is 13.7. The van der Waals surface area contributed by atoms with Crippen molar-refractivity contribution in [2.75, 3.05) is 17.4 Å². The normalized spacial score (nSPS) is 22.9. The van der Waals surface area contributed by atoms with E-state index in [1.54, 1.807) is 0 Å². The Kier molecular flexibility index (Phi) is 4.91. The van der Waals surface area contributed by atoms with Gasteiger partial charge in [-0.1, -0.05) is 64.0 Å². The zero-order valence-electron chi connectivity index (χ0n) is 18.1. The average Bonchev–Trinajstić information content (AvgIpc) is 3.18. The van der Waals surface area contributed by atoms with Gasteiger partial charge in [-0.05, 0) is 42.3 Å². The van der Waals surface area contributed by atoms with E-state index in [1.807, 2.05) is 36.4 Å². The minimum atomic E-state index is -0.351. The van der Waals surface area contributed by atoms with E-state index in [4.69, 9.17) is 9.47 Å². The minimum absolute atomic E-state index is 0.0444. The third kappa shape index (κ3) is 3.59. The molecular formula is C27H23BrN2O3. The number of ether oxygens (including phenoxy) is 2. The Morgan fingerprint density at radius 1 is 0.970 bits per heavy atom. The van der Waals surface area contributed by atoms with E-state index in [0.29, 0.717) is 17.9 Å². The van der Waals surface area contributed by atoms with Crippen molar-refractivity contribution in [2.24, 2.45) is 5.92 Å². The van der Waals surface area contributed by atoms with E-state index < -0.39 is 0 Å². The Bertz CT molecular complexity index is 1290. The summed E-state index contributed by atoms with van der Waals surface area (Å²) in [7, 11) is 0. The average molecular weight is 503 g/mol. The van der Waals surface area contributed by atoms with Gasteiger partial charge < -0.3 is 20.1 Å². The number of anilines is 2. The van der Waals surface area contributed by atoms with Crippen LogP contribution in [0, 0.1) is 12.8 Å². The monoisotopic (exact) mass is 502 g/mol. The lowest BCUT2D eigenvalue weighted by Gasteiger charge is -2.33. The number of benzene rings is 3. The van der Waals surface area contributed by atoms with Crippen LogP contribution in [-0.4, -0.2) is 12.6 Å². The van der Waals surface area contributed by atoms with Crippen molar-refractivity contribution in [3.8, 4) is 11.5 Å². The number of carbonyl (C=O) groups is 1. The van der Waals surface area contributed by atoms with E-state index in [0.717, 1.165) is 32.7 Å². The molecule has 6 rings (SSSR count). The van der Waals surface area contributed by atoms with Gasteiger partial charge in [0.2, 0.25) is 6.79 Å². The zero-order chi connectivity index (χ0) is 22.5. The number of hydrogen-bond donors (Lipinski definition) is 2. The van der Waals surface area contributed by atoms with Crippen LogP contribution in [0.3, 0.4) is 0 Å². The lowest BCUT2D eigenvalue weighted by Crippen LogP contribution is -2.34. The van der Waals surface area contributed by atoms with Crippen molar-refractivity contribution in [1.82, 2.24) is 0 Å². The smallest absolute Gasteiger partial charge is 0.231 e. The highest BCUT2D eigenvalue weighted by molar-refractivity contribution is 9.10. The summed E-state index contributed by atoms with van der Waals surface area (Å²) in [5.41, 5.74) is 6.20. The Labute approximate surface area is 200 Å². The molecule has 0 bridgehead atoms. The summed E-state index contributed by atoms with van der Waals surface area (Å²) >= 11 is 3.72. The first-order chi connectivity index (χ1) is 16.1. The van der Waals surface area contributed by atoms with Crippen molar-refractivity contribution in [3.05, 3.63) is 93.6 Å². The molecule has 0 amide bonds. The van der Waals surface area contributed by atoms with Crippen molar-refractivity contribution in [2.45, 2.75) is 25.3 Å². The molecule has 0 fully saturated rings. The summed E-state index contributed by atoms with van der Waals surface area (Å²) in [6.07, 6.45) is 2.70. The Morgan fingerprint density at radius 2 is 1.70 bits per heavy atom. The number of nitrogens with one attached hydrogen (secondary N) is 2. The van der Waals surface area contributed by atoms with Gasteiger partial charge in [0.25, 0.3) is 0 Å². The molecule has 2 heterocycles. The molecule has 0 saturated heterocycles. The summed E-state index contributed by atoms with van der Waals surface area (Å²) < 4.78 is 12.1. The molecule has 0 saturated carbocycles. The summed E-state index contributed by atoms with van der Waals surface area (Å²) in [6.45, 7) is 2.28. The predicted octanol–water partition coefficient (Wildman–Crippen LogP) is 6.32. The maximum atomic E-state index is 13.7. The van der Waals surface area contributed by atoms with E-state index >= 15 is 0 Å². The molecule has 3 aromatic carbocycles. The molecule has 0 spiro atoms. The quantitative estimate of drug-likeness (QED) is 0.429. The maximum Gasteiger partial charge on any atom is 0.231 e. The topological polar surface area (TPSA) is 59.6 Å². The van der Waals surface area contributed by atoms with E-state index in [-0.39, 0.29) is 30.5 Å². The number of hydrogen-bond acceptors (Lipinski definition) is 5. The number of para-hydroxylation sites is 2. The number of halogens is 1. The standard InChI is InChI=1S/C27H23BrN2O3/c1-15-6-8-16(9-7-15)17-10-22-26(23(31)11-17)27(30-21-5-3-2-4-20(21)29-22)18-12-24-25(13-19(18)28)33-14-32-24/h2-10,12-13,17,26-27,29-30H,11,14H2,1H3. The fraction of sp³-hybridized carbons (Fsp3) is 0.222. The van der Waals surface area contributed by atoms with Crippen LogP contribution >= 0.6 is 15.9 Å². The van der Waals surface area contributed by atoms with Crippen molar-refractivity contribution in [3.63, 3.8) is 0 Å². The second kappa shape index (κ2) is 7.96. The van der Waals surface area contributed by atoms with Gasteiger partial charge in [0.05, 0.1) is 23.3 Å². The predicted molar refractivity (Wildman–Crippen MR) is 132 cm³/mol.